The summed E-state index contributed by atoms with van der Waals surface area (Å²) in [4.78, 5) is 29.5. The molecule has 1 aliphatic heterocycles. The van der Waals surface area contributed by atoms with Gasteiger partial charge in [0.25, 0.3) is 11.6 Å². The van der Waals surface area contributed by atoms with Gasteiger partial charge in [-0.15, -0.1) is 8.78 Å². The minimum Gasteiger partial charge on any atom is -0.420 e. The summed E-state index contributed by atoms with van der Waals surface area (Å²) >= 11 is 10.2. The minimum atomic E-state index is -3.86. The number of aromatic nitrogens is 1. The zero-order valence-electron chi connectivity index (χ0n) is 19.9. The molecular weight excluding hydrogens is 558 g/mol. The first-order valence-electron chi connectivity index (χ1n) is 11.4. The van der Waals surface area contributed by atoms with Gasteiger partial charge in [0, 0.05) is 54.4 Å². The van der Waals surface area contributed by atoms with E-state index in [0.29, 0.717) is 42.4 Å². The number of nitrogens with zero attached hydrogens (tertiary/aromatic N) is 3. The summed E-state index contributed by atoms with van der Waals surface area (Å²) < 4.78 is 29.9. The Morgan fingerprint density at radius 2 is 1.79 bits per heavy atom. The monoisotopic (exact) mass is 578 g/mol. The largest absolute Gasteiger partial charge is 0.487 e. The molecule has 0 bridgehead atoms. The Morgan fingerprint density at radius 1 is 1.15 bits per heavy atom. The van der Waals surface area contributed by atoms with Crippen molar-refractivity contribution >= 4 is 63.4 Å². The first-order chi connectivity index (χ1) is 18.5. The van der Waals surface area contributed by atoms with E-state index < -0.39 is 22.5 Å². The summed E-state index contributed by atoms with van der Waals surface area (Å²) in [7, 11) is 0. The first-order valence-corrected chi connectivity index (χ1v) is 12.2. The zero-order valence-corrected chi connectivity index (χ0v) is 21.5. The molecule has 1 unspecified atom stereocenters. The average Bonchev–Trinajstić information content (AvgIpc) is 3.30. The van der Waals surface area contributed by atoms with Crippen molar-refractivity contribution in [3.63, 3.8) is 0 Å². The predicted molar refractivity (Wildman–Crippen MR) is 146 cm³/mol. The summed E-state index contributed by atoms with van der Waals surface area (Å²) in [5.74, 6) is -0.268. The number of hydrogen-bond acceptors (Lipinski definition) is 8. The first kappa shape index (κ1) is 27.9. The van der Waals surface area contributed by atoms with Gasteiger partial charge >= 0.3 is 5.57 Å². The second kappa shape index (κ2) is 11.7. The van der Waals surface area contributed by atoms with Crippen LogP contribution in [0.5, 0.6) is 5.75 Å². The highest BCUT2D eigenvalue weighted by Crippen LogP contribution is 2.29. The number of carbonyl (C=O) groups is 1. The summed E-state index contributed by atoms with van der Waals surface area (Å²) in [5.41, 5.74) is -2.59. The molecule has 1 saturated heterocycles. The lowest BCUT2D eigenvalue weighted by Crippen LogP contribution is -2.26. The number of non-ortho nitro benzene ring substituents is 1. The minimum absolute atomic E-state index is 0.0728. The van der Waals surface area contributed by atoms with E-state index in [-0.39, 0.29) is 22.1 Å². The number of β-amino-alcohol motifs (C(OH)–C–C–N with tert-alkyl or cyclic N) is 1. The molecule has 4 N–H and O–H groups in total. The topological polar surface area (TPSA) is 142 Å². The van der Waals surface area contributed by atoms with E-state index >= 15 is 0 Å². The number of ether oxygens (including phenoxy) is 1. The lowest BCUT2D eigenvalue weighted by atomic mass is 10.2. The number of aliphatic hydroxyl groups excluding tert-OH is 1. The number of nitro benzene ring substituents is 1. The van der Waals surface area contributed by atoms with Crippen LogP contribution in [0, 0.1) is 10.1 Å². The van der Waals surface area contributed by atoms with Gasteiger partial charge in [-0.25, -0.2) is 4.98 Å². The van der Waals surface area contributed by atoms with Crippen LogP contribution in [-0.4, -0.2) is 50.8 Å². The summed E-state index contributed by atoms with van der Waals surface area (Å²) in [6.45, 7) is 0.873. The number of nitrogens with one attached hydrogen (secondary N) is 3. The number of benzene rings is 2. The highest BCUT2D eigenvalue weighted by Gasteiger charge is 2.28. The Morgan fingerprint density at radius 3 is 2.38 bits per heavy atom. The molecule has 3 aromatic rings. The number of hydrogen-bond donors (Lipinski definition) is 4. The molecular formula is C24H21ClF2N6O5S. The molecule has 2 heterocycles. The fraction of sp³-hybridized carbons (Fsp3) is 0.208. The number of carbonyl (C=O) groups excluding carboxylic acids is 1. The maximum absolute atomic E-state index is 12.9. The van der Waals surface area contributed by atoms with Crippen molar-refractivity contribution in [2.24, 2.45) is 0 Å². The second-order valence-corrected chi connectivity index (χ2v) is 9.24. The van der Waals surface area contributed by atoms with Crippen LogP contribution in [0.4, 0.5) is 37.3 Å². The van der Waals surface area contributed by atoms with Gasteiger partial charge in [0.05, 0.1) is 22.3 Å². The lowest BCUT2D eigenvalue weighted by molar-refractivity contribution is -0.384. The number of anilines is 4. The Kier molecular flexibility index (Phi) is 8.38. The number of aliphatic hydroxyl groups is 1. The summed E-state index contributed by atoms with van der Waals surface area (Å²) in [6.07, 6.45) is 1.38. The molecule has 0 saturated carbocycles. The molecule has 39 heavy (non-hydrogen) atoms. The van der Waals surface area contributed by atoms with Gasteiger partial charge in [0.1, 0.15) is 5.75 Å². The normalized spacial score (nSPS) is 15.0. The van der Waals surface area contributed by atoms with Crippen LogP contribution >= 0.6 is 23.8 Å². The van der Waals surface area contributed by atoms with Crippen molar-refractivity contribution in [3.8, 4) is 5.75 Å². The number of rotatable bonds is 8. The van der Waals surface area contributed by atoms with E-state index in [0.717, 1.165) is 0 Å². The molecule has 204 valence electrons. The van der Waals surface area contributed by atoms with E-state index in [2.05, 4.69) is 25.7 Å². The van der Waals surface area contributed by atoms with Gasteiger partial charge in [-0.3, -0.25) is 14.9 Å². The smallest absolute Gasteiger partial charge is 0.420 e. The molecule has 15 heteroatoms. The van der Waals surface area contributed by atoms with Gasteiger partial charge < -0.3 is 30.7 Å². The van der Waals surface area contributed by atoms with Gasteiger partial charge in [-0.05, 0) is 61.1 Å². The van der Waals surface area contributed by atoms with Crippen LogP contribution in [-0.2, 0) is 0 Å². The van der Waals surface area contributed by atoms with Crippen LogP contribution in [0.3, 0.4) is 0 Å². The van der Waals surface area contributed by atoms with Gasteiger partial charge in [0.2, 0.25) is 0 Å². The Bertz CT molecular complexity index is 1370. The van der Waals surface area contributed by atoms with Crippen molar-refractivity contribution < 1.29 is 28.3 Å². The van der Waals surface area contributed by atoms with Crippen molar-refractivity contribution in [1.29, 1.82) is 0 Å². The van der Waals surface area contributed by atoms with Crippen LogP contribution in [0.2, 0.25) is 0 Å². The Hall–Kier alpha value is -4.14. The van der Waals surface area contributed by atoms with Crippen molar-refractivity contribution in [3.05, 3.63) is 76.5 Å². The number of alkyl halides is 3. The number of nitro groups is 1. The van der Waals surface area contributed by atoms with E-state index in [1.807, 2.05) is 4.90 Å². The van der Waals surface area contributed by atoms with Crippen LogP contribution in [0.25, 0.3) is 0 Å². The third-order valence-electron chi connectivity index (χ3n) is 5.52. The van der Waals surface area contributed by atoms with Gasteiger partial charge in [-0.2, -0.15) is 0 Å². The van der Waals surface area contributed by atoms with Crippen LogP contribution in [0.1, 0.15) is 16.8 Å². The zero-order chi connectivity index (χ0) is 28.2. The average molecular weight is 579 g/mol. The summed E-state index contributed by atoms with van der Waals surface area (Å²) in [6, 6.07) is 12.4. The predicted octanol–water partition coefficient (Wildman–Crippen LogP) is 4.79. The SMILES string of the molecule is O=C(Nc1ccc(OC(F)(F)Cl)cc1)c1cnc(N2CCC(O)C2)c(NC(=S)Nc2ccc([N+](=O)[O-])cc2)c1. The quantitative estimate of drug-likeness (QED) is 0.127. The molecule has 1 atom stereocenters. The second-order valence-electron chi connectivity index (χ2n) is 8.39. The molecule has 1 fully saturated rings. The maximum atomic E-state index is 12.9. The number of thiocarbonyl (C=S) groups is 1. The third-order valence-corrected chi connectivity index (χ3v) is 5.80. The maximum Gasteiger partial charge on any atom is 0.487 e. The molecule has 0 radical (unpaired) electrons. The summed E-state index contributed by atoms with van der Waals surface area (Å²) in [5, 5.41) is 29.5. The fourth-order valence-electron chi connectivity index (χ4n) is 3.75. The molecule has 4 rings (SSSR count). The Balaban J connectivity index is 1.51. The van der Waals surface area contributed by atoms with Crippen molar-refractivity contribution in [2.45, 2.75) is 18.1 Å². The molecule has 1 aliphatic rings. The Labute approximate surface area is 230 Å². The molecule has 1 amide bonds. The number of halogens is 3. The molecule has 0 spiro atoms. The molecule has 0 aliphatic carbocycles. The van der Waals surface area contributed by atoms with E-state index in [9.17, 15) is 28.8 Å². The molecule has 1 aromatic heterocycles. The van der Waals surface area contributed by atoms with E-state index in [1.54, 1.807) is 0 Å². The van der Waals surface area contributed by atoms with Gasteiger partial charge in [0.15, 0.2) is 10.9 Å². The molecule has 11 nitrogen and oxygen atoms in total. The standard InChI is InChI=1S/C24H21ClF2N6O5S/c25-24(26,27)38-19-7-3-15(4-8-19)29-22(35)14-11-20(21(28-12-14)32-10-9-18(34)13-32)31-23(39)30-16-1-5-17(6-2-16)33(36)37/h1-8,11-12,18,34H,9-10,13H2,(H,29,35)(H2,30,31,39). The lowest BCUT2D eigenvalue weighted by Gasteiger charge is -2.22. The van der Waals surface area contributed by atoms with Crippen LogP contribution < -0.4 is 25.6 Å². The van der Waals surface area contributed by atoms with Gasteiger partial charge in [-0.1, -0.05) is 0 Å². The fourth-order valence-corrected chi connectivity index (χ4v) is 4.07. The number of pyridine rings is 1. The molecule has 2 aromatic carbocycles. The van der Waals surface area contributed by atoms with Crippen molar-refractivity contribution in [1.82, 2.24) is 4.98 Å². The van der Waals surface area contributed by atoms with Crippen LogP contribution in [0.15, 0.2) is 60.8 Å². The number of amides is 1. The van der Waals surface area contributed by atoms with Crippen molar-refractivity contribution in [2.75, 3.05) is 33.9 Å². The highest BCUT2D eigenvalue weighted by molar-refractivity contribution is 7.80. The highest BCUT2D eigenvalue weighted by atomic mass is 35.5. The third kappa shape index (κ3) is 7.69. The van der Waals surface area contributed by atoms with E-state index in [4.69, 9.17) is 23.8 Å². The van der Waals surface area contributed by atoms with E-state index in [1.165, 1.54) is 60.8 Å².